The zero-order valence-corrected chi connectivity index (χ0v) is 9.36. The molecule has 16 heavy (non-hydrogen) atoms. The van der Waals surface area contributed by atoms with Gasteiger partial charge >= 0.3 is 0 Å². The Morgan fingerprint density at radius 2 is 1.69 bits per heavy atom. The topological polar surface area (TPSA) is 12.9 Å². The molecule has 1 aromatic heterocycles. The molecule has 0 aliphatic rings. The Morgan fingerprint density at radius 1 is 0.938 bits per heavy atom. The van der Waals surface area contributed by atoms with Gasteiger partial charge in [-0.25, -0.2) is 9.37 Å². The third-order valence-electron chi connectivity index (χ3n) is 2.05. The van der Waals surface area contributed by atoms with E-state index in [1.54, 1.807) is 18.2 Å². The second kappa shape index (κ2) is 4.36. The molecule has 0 aliphatic carbocycles. The van der Waals surface area contributed by atoms with Gasteiger partial charge in [0.2, 0.25) is 5.95 Å². The minimum Gasteiger partial charge on any atom is -0.225 e. The number of hydrogen-bond donors (Lipinski definition) is 0. The van der Waals surface area contributed by atoms with Crippen LogP contribution in [0.5, 0.6) is 0 Å². The Kier molecular flexibility index (Phi) is 3.08. The second-order valence-electron chi connectivity index (χ2n) is 3.13. The van der Waals surface area contributed by atoms with Crippen molar-refractivity contribution in [3.63, 3.8) is 0 Å². The summed E-state index contributed by atoms with van der Waals surface area (Å²) in [6.07, 6.45) is 1.23. The van der Waals surface area contributed by atoms with Crippen molar-refractivity contribution < 1.29 is 8.78 Å². The minimum atomic E-state index is -1.12. The van der Waals surface area contributed by atoms with Crippen molar-refractivity contribution in [3.05, 3.63) is 52.3 Å². The third-order valence-corrected chi connectivity index (χ3v) is 2.79. The Balaban J connectivity index is 2.50. The zero-order valence-electron chi connectivity index (χ0n) is 7.85. The maximum absolute atomic E-state index is 12.9. The van der Waals surface area contributed by atoms with Gasteiger partial charge in [0.1, 0.15) is 0 Å². The first-order chi connectivity index (χ1) is 7.58. The van der Waals surface area contributed by atoms with Crippen molar-refractivity contribution in [2.24, 2.45) is 0 Å². The van der Waals surface area contributed by atoms with E-state index in [2.05, 4.69) is 4.98 Å². The van der Waals surface area contributed by atoms with E-state index >= 15 is 0 Å². The summed E-state index contributed by atoms with van der Waals surface area (Å²) in [4.78, 5) is 3.29. The van der Waals surface area contributed by atoms with Crippen LogP contribution in [0.4, 0.5) is 8.78 Å². The van der Waals surface area contributed by atoms with Gasteiger partial charge in [-0.1, -0.05) is 29.3 Å². The molecular weight excluding hydrogens is 255 g/mol. The Morgan fingerprint density at radius 3 is 2.31 bits per heavy atom. The van der Waals surface area contributed by atoms with Gasteiger partial charge in [-0.15, -0.1) is 0 Å². The molecule has 0 fully saturated rings. The molecule has 0 unspecified atom stereocenters. The van der Waals surface area contributed by atoms with E-state index in [0.29, 0.717) is 21.2 Å². The predicted molar refractivity (Wildman–Crippen MR) is 59.6 cm³/mol. The van der Waals surface area contributed by atoms with Crippen LogP contribution in [0.15, 0.2) is 30.5 Å². The van der Waals surface area contributed by atoms with E-state index in [9.17, 15) is 8.78 Å². The maximum atomic E-state index is 12.9. The first-order valence-electron chi connectivity index (χ1n) is 4.34. The summed E-state index contributed by atoms with van der Waals surface area (Å²) in [5, 5.41) is 0.754. The van der Waals surface area contributed by atoms with E-state index in [4.69, 9.17) is 23.2 Å². The van der Waals surface area contributed by atoms with Crippen molar-refractivity contribution in [3.8, 4) is 11.1 Å². The number of hydrogen-bond acceptors (Lipinski definition) is 1. The average molecular weight is 260 g/mol. The average Bonchev–Trinajstić information content (AvgIpc) is 2.26. The molecular formula is C11H5Cl2F2N. The summed E-state index contributed by atoms with van der Waals surface area (Å²) >= 11 is 11.6. The fourth-order valence-corrected chi connectivity index (χ4v) is 1.55. The summed E-state index contributed by atoms with van der Waals surface area (Å²) in [6.45, 7) is 0. The molecule has 5 heteroatoms. The van der Waals surface area contributed by atoms with E-state index in [1.807, 2.05) is 0 Å². The molecule has 2 aromatic rings. The summed E-state index contributed by atoms with van der Waals surface area (Å²) < 4.78 is 25.6. The van der Waals surface area contributed by atoms with Crippen LogP contribution in [0.25, 0.3) is 11.1 Å². The van der Waals surface area contributed by atoms with Gasteiger partial charge in [0, 0.05) is 11.8 Å². The summed E-state index contributed by atoms with van der Waals surface area (Å²) in [5.74, 6) is -2.12. The van der Waals surface area contributed by atoms with E-state index in [1.165, 1.54) is 6.20 Å². The standard InChI is InChI=1S/C11H5Cl2F2N/c12-8-2-1-6(3-9(8)13)7-4-10(14)11(15)16-5-7/h1-5H. The van der Waals surface area contributed by atoms with Crippen molar-refractivity contribution in [1.82, 2.24) is 4.98 Å². The fraction of sp³-hybridized carbons (Fsp3) is 0. The molecule has 0 aliphatic heterocycles. The molecule has 0 saturated heterocycles. The van der Waals surface area contributed by atoms with Gasteiger partial charge in [-0.05, 0) is 23.8 Å². The number of rotatable bonds is 1. The lowest BCUT2D eigenvalue weighted by molar-refractivity contribution is 0.480. The summed E-state index contributed by atoms with van der Waals surface area (Å²) in [5.41, 5.74) is 1.07. The molecule has 0 N–H and O–H groups in total. The van der Waals surface area contributed by atoms with Crippen LogP contribution in [0.3, 0.4) is 0 Å². The number of pyridine rings is 1. The smallest absolute Gasteiger partial charge is 0.225 e. The lowest BCUT2D eigenvalue weighted by atomic mass is 10.1. The highest BCUT2D eigenvalue weighted by Gasteiger charge is 2.07. The molecule has 1 aromatic carbocycles. The lowest BCUT2D eigenvalue weighted by Gasteiger charge is -2.03. The van der Waals surface area contributed by atoms with Crippen LogP contribution in [0.2, 0.25) is 10.0 Å². The van der Waals surface area contributed by atoms with E-state index in [0.717, 1.165) is 6.07 Å². The number of nitrogens with zero attached hydrogens (tertiary/aromatic N) is 1. The molecule has 1 heterocycles. The fourth-order valence-electron chi connectivity index (χ4n) is 1.25. The first-order valence-corrected chi connectivity index (χ1v) is 5.10. The largest absolute Gasteiger partial charge is 0.248 e. The summed E-state index contributed by atoms with van der Waals surface area (Å²) in [6, 6.07) is 5.86. The van der Waals surface area contributed by atoms with E-state index < -0.39 is 11.8 Å². The first kappa shape index (κ1) is 11.3. The lowest BCUT2D eigenvalue weighted by Crippen LogP contribution is -1.90. The van der Waals surface area contributed by atoms with Crippen molar-refractivity contribution >= 4 is 23.2 Å². The van der Waals surface area contributed by atoms with Crippen molar-refractivity contribution in [2.45, 2.75) is 0 Å². The SMILES string of the molecule is Fc1cc(-c2ccc(Cl)c(Cl)c2)cnc1F. The van der Waals surface area contributed by atoms with Crippen molar-refractivity contribution in [2.75, 3.05) is 0 Å². The number of benzene rings is 1. The third kappa shape index (κ3) is 2.15. The van der Waals surface area contributed by atoms with Gasteiger partial charge in [-0.3, -0.25) is 0 Å². The highest BCUT2D eigenvalue weighted by atomic mass is 35.5. The van der Waals surface area contributed by atoms with Gasteiger partial charge in [0.25, 0.3) is 0 Å². The van der Waals surface area contributed by atoms with Gasteiger partial charge in [-0.2, -0.15) is 4.39 Å². The predicted octanol–water partition coefficient (Wildman–Crippen LogP) is 4.33. The molecule has 0 spiro atoms. The molecule has 1 nitrogen and oxygen atoms in total. The quantitative estimate of drug-likeness (QED) is 0.695. The molecule has 0 radical (unpaired) electrons. The van der Waals surface area contributed by atoms with E-state index in [-0.39, 0.29) is 0 Å². The highest BCUT2D eigenvalue weighted by Crippen LogP contribution is 2.28. The molecule has 0 saturated carbocycles. The Bertz CT molecular complexity index is 494. The normalized spacial score (nSPS) is 10.5. The molecule has 0 atom stereocenters. The molecule has 0 bridgehead atoms. The van der Waals surface area contributed by atoms with Gasteiger partial charge in [0.15, 0.2) is 5.82 Å². The zero-order chi connectivity index (χ0) is 11.7. The van der Waals surface area contributed by atoms with Crippen LogP contribution in [-0.4, -0.2) is 4.98 Å². The second-order valence-corrected chi connectivity index (χ2v) is 3.94. The van der Waals surface area contributed by atoms with Crippen LogP contribution < -0.4 is 0 Å². The monoisotopic (exact) mass is 259 g/mol. The molecule has 82 valence electrons. The van der Waals surface area contributed by atoms with Crippen molar-refractivity contribution in [1.29, 1.82) is 0 Å². The van der Waals surface area contributed by atoms with Gasteiger partial charge < -0.3 is 0 Å². The Labute approximate surface area is 101 Å². The van der Waals surface area contributed by atoms with Crippen LogP contribution >= 0.6 is 23.2 Å². The molecule has 0 amide bonds. The minimum absolute atomic E-state index is 0.351. The summed E-state index contributed by atoms with van der Waals surface area (Å²) in [7, 11) is 0. The molecule has 2 rings (SSSR count). The van der Waals surface area contributed by atoms with Crippen LogP contribution in [0, 0.1) is 11.8 Å². The van der Waals surface area contributed by atoms with Crippen LogP contribution in [0.1, 0.15) is 0 Å². The number of aromatic nitrogens is 1. The van der Waals surface area contributed by atoms with Crippen LogP contribution in [-0.2, 0) is 0 Å². The highest BCUT2D eigenvalue weighted by molar-refractivity contribution is 6.42. The Hall–Kier alpha value is -1.19. The maximum Gasteiger partial charge on any atom is 0.248 e. The number of halogens is 4. The van der Waals surface area contributed by atoms with Gasteiger partial charge in [0.05, 0.1) is 10.0 Å².